The quantitative estimate of drug-likeness (QED) is 0.698. The van der Waals surface area contributed by atoms with Crippen LogP contribution in [0, 0.1) is 6.92 Å². The molecule has 1 aromatic carbocycles. The van der Waals surface area contributed by atoms with Crippen LogP contribution in [0.15, 0.2) is 41.0 Å². The van der Waals surface area contributed by atoms with E-state index < -0.39 is 0 Å². The van der Waals surface area contributed by atoms with E-state index >= 15 is 0 Å². The molecule has 2 aromatic heterocycles. The van der Waals surface area contributed by atoms with E-state index in [-0.39, 0.29) is 18.6 Å². The van der Waals surface area contributed by atoms with E-state index in [4.69, 9.17) is 32.4 Å². The van der Waals surface area contributed by atoms with Gasteiger partial charge in [0.1, 0.15) is 11.3 Å². The number of hydrogen-bond acceptors (Lipinski definition) is 4. The fourth-order valence-corrected chi connectivity index (χ4v) is 3.03. The number of aromatic nitrogens is 1. The number of nitrogens with one attached hydrogen (secondary N) is 1. The van der Waals surface area contributed by atoms with E-state index in [0.717, 1.165) is 11.1 Å². The molecule has 0 fully saturated rings. The highest BCUT2D eigenvalue weighted by molar-refractivity contribution is 6.39. The first-order chi connectivity index (χ1) is 12.0. The van der Waals surface area contributed by atoms with Crippen molar-refractivity contribution in [2.45, 2.75) is 19.9 Å². The molecule has 3 aromatic rings. The van der Waals surface area contributed by atoms with Gasteiger partial charge in [-0.05, 0) is 44.2 Å². The summed E-state index contributed by atoms with van der Waals surface area (Å²) in [6, 6.07) is 8.58. The van der Waals surface area contributed by atoms with Crippen molar-refractivity contribution in [3.8, 4) is 5.75 Å². The first-order valence-corrected chi connectivity index (χ1v) is 8.42. The first-order valence-electron chi connectivity index (χ1n) is 7.66. The molecule has 7 heteroatoms. The number of carbonyl (C=O) groups is 1. The van der Waals surface area contributed by atoms with Crippen LogP contribution in [0.5, 0.6) is 5.75 Å². The Morgan fingerprint density at radius 2 is 2.12 bits per heavy atom. The average Bonchev–Trinajstić information content (AvgIpc) is 3.08. The lowest BCUT2D eigenvalue weighted by Gasteiger charge is -2.14. The fourth-order valence-electron chi connectivity index (χ4n) is 2.46. The summed E-state index contributed by atoms with van der Waals surface area (Å²) in [7, 11) is 0. The molecule has 130 valence electrons. The molecular weight excluding hydrogens is 363 g/mol. The van der Waals surface area contributed by atoms with Crippen molar-refractivity contribution in [2.24, 2.45) is 0 Å². The number of furan rings is 1. The van der Waals surface area contributed by atoms with E-state index in [0.29, 0.717) is 27.1 Å². The summed E-state index contributed by atoms with van der Waals surface area (Å²) in [5.74, 6) is 0.710. The van der Waals surface area contributed by atoms with Crippen LogP contribution < -0.4 is 10.1 Å². The van der Waals surface area contributed by atoms with Gasteiger partial charge >= 0.3 is 0 Å². The molecule has 1 N–H and O–H groups in total. The van der Waals surface area contributed by atoms with Gasteiger partial charge in [0.2, 0.25) is 0 Å². The maximum atomic E-state index is 12.1. The smallest absolute Gasteiger partial charge is 0.258 e. The largest absolute Gasteiger partial charge is 0.480 e. The number of amides is 1. The number of benzene rings is 1. The van der Waals surface area contributed by atoms with Gasteiger partial charge in [0.15, 0.2) is 12.4 Å². The molecule has 3 rings (SSSR count). The normalized spacial score (nSPS) is 12.2. The van der Waals surface area contributed by atoms with Crippen LogP contribution in [0.2, 0.25) is 10.0 Å². The number of halogens is 2. The van der Waals surface area contributed by atoms with Crippen molar-refractivity contribution in [1.29, 1.82) is 0 Å². The Morgan fingerprint density at radius 3 is 2.84 bits per heavy atom. The first kappa shape index (κ1) is 17.6. The predicted octanol–water partition coefficient (Wildman–Crippen LogP) is 4.70. The molecule has 0 saturated heterocycles. The Balaban J connectivity index is 1.77. The number of nitrogens with zero attached hydrogens (tertiary/aromatic N) is 1. The zero-order chi connectivity index (χ0) is 18.0. The van der Waals surface area contributed by atoms with Crippen molar-refractivity contribution in [3.63, 3.8) is 0 Å². The standard InChI is InChI=1S/C18H16Cl2N2O3/c1-10-5-6-12-13(19)8-14(20)18(17(12)21-10)25-9-16(23)22-11(2)15-4-3-7-24-15/h3-8,11H,9H2,1-2H3,(H,22,23)/t11-/m0/s1. The molecule has 0 bridgehead atoms. The van der Waals surface area contributed by atoms with Gasteiger partial charge in [0, 0.05) is 11.1 Å². The summed E-state index contributed by atoms with van der Waals surface area (Å²) >= 11 is 12.4. The Bertz CT molecular complexity index is 910. The molecule has 0 aliphatic rings. The molecule has 0 radical (unpaired) electrons. The molecule has 5 nitrogen and oxygen atoms in total. The van der Waals surface area contributed by atoms with E-state index in [9.17, 15) is 4.79 Å². The maximum Gasteiger partial charge on any atom is 0.258 e. The van der Waals surface area contributed by atoms with Crippen LogP contribution in [0.1, 0.15) is 24.4 Å². The van der Waals surface area contributed by atoms with Crippen LogP contribution >= 0.6 is 23.2 Å². The van der Waals surface area contributed by atoms with Crippen LogP contribution in [0.3, 0.4) is 0 Å². The molecule has 1 atom stereocenters. The number of aryl methyl sites for hydroxylation is 1. The number of hydrogen-bond donors (Lipinski definition) is 1. The summed E-state index contributed by atoms with van der Waals surface area (Å²) in [4.78, 5) is 16.6. The molecule has 1 amide bonds. The lowest BCUT2D eigenvalue weighted by Crippen LogP contribution is -2.31. The maximum absolute atomic E-state index is 12.1. The lowest BCUT2D eigenvalue weighted by atomic mass is 10.2. The second-order valence-corrected chi connectivity index (χ2v) is 6.43. The summed E-state index contributed by atoms with van der Waals surface area (Å²) < 4.78 is 10.9. The summed E-state index contributed by atoms with van der Waals surface area (Å²) in [6.45, 7) is 3.49. The van der Waals surface area contributed by atoms with E-state index in [1.54, 1.807) is 24.5 Å². The van der Waals surface area contributed by atoms with Gasteiger partial charge in [-0.2, -0.15) is 0 Å². The minimum atomic E-state index is -0.296. The minimum absolute atomic E-state index is 0.197. The Hall–Kier alpha value is -2.24. The number of carbonyl (C=O) groups excluding carboxylic acids is 1. The molecule has 0 spiro atoms. The molecule has 0 unspecified atom stereocenters. The van der Waals surface area contributed by atoms with Crippen LogP contribution in [-0.2, 0) is 4.79 Å². The van der Waals surface area contributed by atoms with Crippen molar-refractivity contribution >= 4 is 40.0 Å². The molecule has 2 heterocycles. The number of rotatable bonds is 5. The third-order valence-corrected chi connectivity index (χ3v) is 4.27. The fraction of sp³-hybridized carbons (Fsp3) is 0.222. The van der Waals surface area contributed by atoms with Crippen molar-refractivity contribution in [3.05, 3.63) is 58.1 Å². The predicted molar refractivity (Wildman–Crippen MR) is 97.3 cm³/mol. The van der Waals surface area contributed by atoms with Crippen LogP contribution in [-0.4, -0.2) is 17.5 Å². The zero-order valence-corrected chi connectivity index (χ0v) is 15.2. The second-order valence-electron chi connectivity index (χ2n) is 5.61. The lowest BCUT2D eigenvalue weighted by molar-refractivity contribution is -0.123. The Morgan fingerprint density at radius 1 is 1.32 bits per heavy atom. The van der Waals surface area contributed by atoms with Gasteiger partial charge in [-0.25, -0.2) is 4.98 Å². The summed E-state index contributed by atoms with van der Waals surface area (Å²) in [5, 5.41) is 4.30. The molecule has 25 heavy (non-hydrogen) atoms. The van der Waals surface area contributed by atoms with E-state index in [2.05, 4.69) is 10.3 Å². The van der Waals surface area contributed by atoms with Gasteiger partial charge in [-0.3, -0.25) is 4.79 Å². The third kappa shape index (κ3) is 3.89. The number of fused-ring (bicyclic) bond motifs is 1. The van der Waals surface area contributed by atoms with Crippen molar-refractivity contribution in [2.75, 3.05) is 6.61 Å². The number of ether oxygens (including phenoxy) is 1. The van der Waals surface area contributed by atoms with Gasteiger partial charge in [-0.15, -0.1) is 0 Å². The van der Waals surface area contributed by atoms with Gasteiger partial charge in [0.25, 0.3) is 5.91 Å². The van der Waals surface area contributed by atoms with Gasteiger partial charge < -0.3 is 14.5 Å². The highest BCUT2D eigenvalue weighted by Gasteiger charge is 2.16. The molecule has 0 aliphatic heterocycles. The van der Waals surface area contributed by atoms with Crippen LogP contribution in [0.4, 0.5) is 0 Å². The highest BCUT2D eigenvalue weighted by Crippen LogP contribution is 2.37. The average molecular weight is 379 g/mol. The summed E-state index contributed by atoms with van der Waals surface area (Å²) in [5.41, 5.74) is 1.33. The molecule has 0 saturated carbocycles. The SMILES string of the molecule is Cc1ccc2c(Cl)cc(Cl)c(OCC(=O)N[C@@H](C)c3ccco3)c2n1. The summed E-state index contributed by atoms with van der Waals surface area (Å²) in [6.07, 6.45) is 1.56. The van der Waals surface area contributed by atoms with Gasteiger partial charge in [-0.1, -0.05) is 23.2 Å². The molecule has 0 aliphatic carbocycles. The van der Waals surface area contributed by atoms with Crippen molar-refractivity contribution in [1.82, 2.24) is 10.3 Å². The van der Waals surface area contributed by atoms with Gasteiger partial charge in [0.05, 0.1) is 22.4 Å². The molecular formula is C18H16Cl2N2O3. The second kappa shape index (κ2) is 7.33. The minimum Gasteiger partial charge on any atom is -0.480 e. The monoisotopic (exact) mass is 378 g/mol. The Labute approximate surface area is 154 Å². The third-order valence-electron chi connectivity index (χ3n) is 3.67. The van der Waals surface area contributed by atoms with Crippen LogP contribution in [0.25, 0.3) is 10.9 Å². The van der Waals surface area contributed by atoms with E-state index in [1.165, 1.54) is 0 Å². The van der Waals surface area contributed by atoms with E-state index in [1.807, 2.05) is 26.0 Å². The number of pyridine rings is 1. The zero-order valence-electron chi connectivity index (χ0n) is 13.7. The highest BCUT2D eigenvalue weighted by atomic mass is 35.5. The topological polar surface area (TPSA) is 64.4 Å². The van der Waals surface area contributed by atoms with Crippen molar-refractivity contribution < 1.29 is 13.9 Å². The Kier molecular flexibility index (Phi) is 5.16.